The Kier molecular flexibility index (Phi) is 7.54. The summed E-state index contributed by atoms with van der Waals surface area (Å²) in [5.41, 5.74) is 0.239. The molecule has 1 unspecified atom stereocenters. The van der Waals surface area contributed by atoms with Crippen molar-refractivity contribution in [2.45, 2.75) is 19.3 Å². The Balaban J connectivity index is 1.90. The summed E-state index contributed by atoms with van der Waals surface area (Å²) in [7, 11) is 1.46. The zero-order chi connectivity index (χ0) is 27.6. The molecule has 0 bridgehead atoms. The van der Waals surface area contributed by atoms with Crippen LogP contribution in [0.2, 0.25) is 5.02 Å². The van der Waals surface area contributed by atoms with Crippen molar-refractivity contribution < 1.29 is 42.1 Å². The first kappa shape index (κ1) is 26.9. The Morgan fingerprint density at radius 1 is 1.03 bits per heavy atom. The lowest BCUT2D eigenvalue weighted by molar-refractivity contribution is -0.274. The number of methoxy groups -OCH3 is 1. The van der Waals surface area contributed by atoms with Gasteiger partial charge in [-0.1, -0.05) is 29.8 Å². The maximum Gasteiger partial charge on any atom is 0.573 e. The predicted octanol–water partition coefficient (Wildman–Crippen LogP) is 6.27. The van der Waals surface area contributed by atoms with E-state index in [1.54, 1.807) is 31.2 Å². The minimum Gasteiger partial charge on any atom is -0.507 e. The molecule has 198 valence electrons. The number of ether oxygens (including phenoxy) is 3. The largest absolute Gasteiger partial charge is 0.573 e. The lowest BCUT2D eigenvalue weighted by atomic mass is 9.95. The molecule has 0 saturated carbocycles. The fourth-order valence-corrected chi connectivity index (χ4v) is 4.28. The first-order valence-electron chi connectivity index (χ1n) is 11.3. The van der Waals surface area contributed by atoms with Gasteiger partial charge in [0.15, 0.2) is 0 Å². The third kappa shape index (κ3) is 5.40. The number of nitrogens with zero attached hydrogens (tertiary/aromatic N) is 1. The van der Waals surface area contributed by atoms with E-state index in [0.717, 1.165) is 17.0 Å². The molecule has 1 heterocycles. The number of amides is 1. The van der Waals surface area contributed by atoms with Crippen LogP contribution in [-0.2, 0) is 9.59 Å². The highest BCUT2D eigenvalue weighted by Gasteiger charge is 2.47. The van der Waals surface area contributed by atoms with E-state index in [2.05, 4.69) is 4.74 Å². The Labute approximate surface area is 220 Å². The molecule has 38 heavy (non-hydrogen) atoms. The highest BCUT2D eigenvalue weighted by atomic mass is 35.5. The van der Waals surface area contributed by atoms with E-state index in [1.165, 1.54) is 37.4 Å². The molecular formula is C27H21ClF3NO6. The standard InChI is InChI=1S/C27H21ClF3NO6/c1-3-37-21-13-16(9-12-20(21)28)24(33)22-23(15-7-10-18(36-2)11-8-15)32(26(35)25(22)34)17-5-4-6-19(14-17)38-27(29,30)31/h4-14,23,33H,3H2,1-2H3/b24-22+. The highest BCUT2D eigenvalue weighted by Crippen LogP contribution is 2.44. The van der Waals surface area contributed by atoms with E-state index in [-0.39, 0.29) is 34.2 Å². The first-order valence-corrected chi connectivity index (χ1v) is 11.6. The van der Waals surface area contributed by atoms with E-state index in [4.69, 9.17) is 21.1 Å². The van der Waals surface area contributed by atoms with Gasteiger partial charge in [-0.25, -0.2) is 0 Å². The first-order chi connectivity index (χ1) is 18.0. The average Bonchev–Trinajstić information content (AvgIpc) is 3.14. The third-order valence-electron chi connectivity index (χ3n) is 5.71. The smallest absolute Gasteiger partial charge is 0.507 e. The number of carbonyl (C=O) groups is 2. The number of Topliss-reactive ketones (excluding diaryl/α,β-unsaturated/α-hetero) is 1. The van der Waals surface area contributed by atoms with Gasteiger partial charge in [-0.15, -0.1) is 13.2 Å². The molecule has 1 amide bonds. The quantitative estimate of drug-likeness (QED) is 0.213. The summed E-state index contributed by atoms with van der Waals surface area (Å²) in [6, 6.07) is 14.2. The molecule has 0 aliphatic carbocycles. The normalized spacial score (nSPS) is 17.0. The van der Waals surface area contributed by atoms with E-state index < -0.39 is 35.6 Å². The number of carbonyl (C=O) groups excluding carboxylic acids is 2. The molecule has 1 N–H and O–H groups in total. The van der Waals surface area contributed by atoms with E-state index in [1.807, 2.05) is 0 Å². The molecular weight excluding hydrogens is 527 g/mol. The SMILES string of the molecule is CCOc1cc(/C(O)=C2\C(=O)C(=O)N(c3cccc(OC(F)(F)F)c3)C2c2ccc(OC)cc2)ccc1Cl. The van der Waals surface area contributed by atoms with Crippen molar-refractivity contribution in [3.05, 3.63) is 88.5 Å². The number of hydrogen-bond acceptors (Lipinski definition) is 6. The van der Waals surface area contributed by atoms with Gasteiger partial charge >= 0.3 is 6.36 Å². The van der Waals surface area contributed by atoms with Crippen LogP contribution in [-0.4, -0.2) is 36.9 Å². The van der Waals surface area contributed by atoms with Gasteiger partial charge in [-0.05, 0) is 55.0 Å². The zero-order valence-electron chi connectivity index (χ0n) is 20.1. The number of aliphatic hydroxyl groups is 1. The number of aliphatic hydroxyl groups excluding tert-OH is 1. The molecule has 3 aromatic carbocycles. The van der Waals surface area contributed by atoms with Crippen molar-refractivity contribution in [3.63, 3.8) is 0 Å². The molecule has 7 nitrogen and oxygen atoms in total. The van der Waals surface area contributed by atoms with Gasteiger partial charge < -0.3 is 19.3 Å². The van der Waals surface area contributed by atoms with Crippen LogP contribution in [0.3, 0.4) is 0 Å². The van der Waals surface area contributed by atoms with Gasteiger partial charge in [0.1, 0.15) is 23.0 Å². The van der Waals surface area contributed by atoms with Gasteiger partial charge in [0, 0.05) is 17.3 Å². The Bertz CT molecular complexity index is 1400. The van der Waals surface area contributed by atoms with Crippen molar-refractivity contribution in [3.8, 4) is 17.2 Å². The summed E-state index contributed by atoms with van der Waals surface area (Å²) >= 11 is 6.15. The zero-order valence-corrected chi connectivity index (χ0v) is 20.8. The number of rotatable bonds is 7. The molecule has 4 rings (SSSR count). The van der Waals surface area contributed by atoms with E-state index >= 15 is 0 Å². The van der Waals surface area contributed by atoms with E-state index in [0.29, 0.717) is 11.3 Å². The van der Waals surface area contributed by atoms with Gasteiger partial charge in [-0.2, -0.15) is 0 Å². The highest BCUT2D eigenvalue weighted by molar-refractivity contribution is 6.51. The molecule has 0 spiro atoms. The maximum atomic E-state index is 13.3. The van der Waals surface area contributed by atoms with Crippen LogP contribution < -0.4 is 19.1 Å². The minimum atomic E-state index is -4.96. The molecule has 1 aliphatic heterocycles. The molecule has 1 saturated heterocycles. The Morgan fingerprint density at radius 2 is 1.74 bits per heavy atom. The number of benzene rings is 3. The molecule has 11 heteroatoms. The molecule has 1 aliphatic rings. The van der Waals surface area contributed by atoms with Crippen LogP contribution in [0.15, 0.2) is 72.3 Å². The molecule has 3 aromatic rings. The summed E-state index contributed by atoms with van der Waals surface area (Å²) in [6.45, 7) is 2.03. The molecule has 0 aromatic heterocycles. The topological polar surface area (TPSA) is 85.3 Å². The van der Waals surface area contributed by atoms with Gasteiger partial charge in [0.05, 0.1) is 30.4 Å². The van der Waals surface area contributed by atoms with Crippen LogP contribution >= 0.6 is 11.6 Å². The Morgan fingerprint density at radius 3 is 2.37 bits per heavy atom. The molecule has 1 atom stereocenters. The molecule has 0 radical (unpaired) electrons. The van der Waals surface area contributed by atoms with Crippen LogP contribution in [0.1, 0.15) is 24.1 Å². The summed E-state index contributed by atoms with van der Waals surface area (Å²) in [5, 5.41) is 11.6. The van der Waals surface area contributed by atoms with Crippen molar-refractivity contribution >= 4 is 34.7 Å². The number of anilines is 1. The monoisotopic (exact) mass is 547 g/mol. The van der Waals surface area contributed by atoms with Crippen molar-refractivity contribution in [1.29, 1.82) is 0 Å². The van der Waals surface area contributed by atoms with Crippen LogP contribution in [0.25, 0.3) is 5.76 Å². The average molecular weight is 548 g/mol. The van der Waals surface area contributed by atoms with Gasteiger partial charge in [0.25, 0.3) is 11.7 Å². The maximum absolute atomic E-state index is 13.3. The fourth-order valence-electron chi connectivity index (χ4n) is 4.10. The fraction of sp³-hybridized carbons (Fsp3) is 0.185. The van der Waals surface area contributed by atoms with Crippen LogP contribution in [0.5, 0.6) is 17.2 Å². The minimum absolute atomic E-state index is 0.0418. The van der Waals surface area contributed by atoms with Crippen molar-refractivity contribution in [2.24, 2.45) is 0 Å². The van der Waals surface area contributed by atoms with Crippen molar-refractivity contribution in [1.82, 2.24) is 0 Å². The number of hydrogen-bond donors (Lipinski definition) is 1. The van der Waals surface area contributed by atoms with Crippen LogP contribution in [0.4, 0.5) is 18.9 Å². The van der Waals surface area contributed by atoms with Crippen molar-refractivity contribution in [2.75, 3.05) is 18.6 Å². The number of alkyl halides is 3. The second-order valence-electron chi connectivity index (χ2n) is 8.07. The summed E-state index contributed by atoms with van der Waals surface area (Å²) < 4.78 is 53.2. The Hall–Kier alpha value is -4.18. The summed E-state index contributed by atoms with van der Waals surface area (Å²) in [5.74, 6) is -2.42. The second kappa shape index (κ2) is 10.7. The number of ketones is 1. The molecule has 1 fully saturated rings. The summed E-state index contributed by atoms with van der Waals surface area (Å²) in [6.07, 6.45) is -4.96. The number of halogens is 4. The summed E-state index contributed by atoms with van der Waals surface area (Å²) in [4.78, 5) is 27.6. The predicted molar refractivity (Wildman–Crippen MR) is 134 cm³/mol. The lowest BCUT2D eigenvalue weighted by Gasteiger charge is -2.26. The van der Waals surface area contributed by atoms with E-state index in [9.17, 15) is 27.9 Å². The second-order valence-corrected chi connectivity index (χ2v) is 8.47. The lowest BCUT2D eigenvalue weighted by Crippen LogP contribution is -2.29. The van der Waals surface area contributed by atoms with Gasteiger partial charge in [-0.3, -0.25) is 14.5 Å². The third-order valence-corrected chi connectivity index (χ3v) is 6.02. The van der Waals surface area contributed by atoms with Gasteiger partial charge in [0.2, 0.25) is 0 Å². The van der Waals surface area contributed by atoms with Crippen LogP contribution in [0, 0.1) is 0 Å².